The number of rotatable bonds is 3. The van der Waals surface area contributed by atoms with Gasteiger partial charge in [-0.05, 0) is 11.6 Å². The van der Waals surface area contributed by atoms with Gasteiger partial charge in [0.1, 0.15) is 0 Å². The average Bonchev–Trinajstić information content (AvgIpc) is 2.39. The van der Waals surface area contributed by atoms with E-state index in [1.165, 1.54) is 12.4 Å². The highest BCUT2D eigenvalue weighted by atomic mass is 79.9. The summed E-state index contributed by atoms with van der Waals surface area (Å²) in [7, 11) is 0. The smallest absolute Gasteiger partial charge is 0.320 e. The van der Waals surface area contributed by atoms with Gasteiger partial charge in [-0.15, -0.1) is 0 Å². The van der Waals surface area contributed by atoms with Crippen LogP contribution in [0.2, 0.25) is 0 Å². The van der Waals surface area contributed by atoms with Crippen LogP contribution in [0.5, 0.6) is 0 Å². The number of nitrogens with one attached hydrogen (secondary N) is 2. The van der Waals surface area contributed by atoms with Crippen LogP contribution >= 0.6 is 15.9 Å². The first-order valence-electron chi connectivity index (χ1n) is 5.30. The zero-order valence-electron chi connectivity index (χ0n) is 9.43. The van der Waals surface area contributed by atoms with E-state index in [0.29, 0.717) is 12.4 Å². The maximum absolute atomic E-state index is 11.6. The Bertz CT molecular complexity index is 533. The fraction of sp³-hybridized carbons (Fsp3) is 0.0833. The van der Waals surface area contributed by atoms with Crippen molar-refractivity contribution in [3.05, 3.63) is 52.9 Å². The Balaban J connectivity index is 1.88. The second kappa shape index (κ2) is 6.11. The Hall–Kier alpha value is -1.95. The lowest BCUT2D eigenvalue weighted by Crippen LogP contribution is -2.28. The first-order chi connectivity index (χ1) is 8.75. The van der Waals surface area contributed by atoms with E-state index < -0.39 is 0 Å². The maximum Gasteiger partial charge on any atom is 0.320 e. The highest BCUT2D eigenvalue weighted by molar-refractivity contribution is 9.10. The lowest BCUT2D eigenvalue weighted by Gasteiger charge is -2.07. The van der Waals surface area contributed by atoms with Crippen LogP contribution in [0.4, 0.5) is 10.6 Å². The van der Waals surface area contributed by atoms with Crippen LogP contribution in [0.15, 0.2) is 47.3 Å². The zero-order chi connectivity index (χ0) is 12.8. The van der Waals surface area contributed by atoms with E-state index in [4.69, 9.17) is 0 Å². The summed E-state index contributed by atoms with van der Waals surface area (Å²) in [4.78, 5) is 19.4. The SMILES string of the molecule is O=C(NCc1ccccc1Br)Nc1cnccn1. The van der Waals surface area contributed by atoms with Crippen molar-refractivity contribution in [2.24, 2.45) is 0 Å². The number of anilines is 1. The largest absolute Gasteiger partial charge is 0.334 e. The summed E-state index contributed by atoms with van der Waals surface area (Å²) in [5.74, 6) is 0.419. The monoisotopic (exact) mass is 306 g/mol. The Kier molecular flexibility index (Phi) is 4.25. The normalized spacial score (nSPS) is 9.83. The number of nitrogens with zero attached hydrogens (tertiary/aromatic N) is 2. The number of carbonyl (C=O) groups is 1. The molecule has 0 saturated carbocycles. The second-order valence-corrected chi connectivity index (χ2v) is 4.34. The van der Waals surface area contributed by atoms with Crippen LogP contribution in [0.25, 0.3) is 0 Å². The molecule has 0 saturated heterocycles. The minimum absolute atomic E-state index is 0.314. The van der Waals surface area contributed by atoms with Gasteiger partial charge >= 0.3 is 6.03 Å². The summed E-state index contributed by atoms with van der Waals surface area (Å²) in [5.41, 5.74) is 1.01. The molecular formula is C12H11BrN4O. The van der Waals surface area contributed by atoms with Crippen molar-refractivity contribution >= 4 is 27.8 Å². The molecule has 2 amide bonds. The van der Waals surface area contributed by atoms with Crippen LogP contribution < -0.4 is 10.6 Å². The van der Waals surface area contributed by atoms with E-state index >= 15 is 0 Å². The van der Waals surface area contributed by atoms with E-state index in [-0.39, 0.29) is 6.03 Å². The van der Waals surface area contributed by atoms with E-state index in [9.17, 15) is 4.79 Å². The van der Waals surface area contributed by atoms with Gasteiger partial charge in [0.15, 0.2) is 5.82 Å². The van der Waals surface area contributed by atoms with Gasteiger partial charge in [-0.1, -0.05) is 34.1 Å². The van der Waals surface area contributed by atoms with Gasteiger partial charge in [0.05, 0.1) is 6.20 Å². The molecule has 2 aromatic rings. The lowest BCUT2D eigenvalue weighted by atomic mass is 10.2. The first kappa shape index (κ1) is 12.5. The molecule has 1 aromatic heterocycles. The molecule has 18 heavy (non-hydrogen) atoms. The number of hydrogen-bond donors (Lipinski definition) is 2. The van der Waals surface area contributed by atoms with Crippen LogP contribution in [-0.4, -0.2) is 16.0 Å². The fourth-order valence-electron chi connectivity index (χ4n) is 1.34. The van der Waals surface area contributed by atoms with Crippen molar-refractivity contribution in [2.75, 3.05) is 5.32 Å². The summed E-state index contributed by atoms with van der Waals surface area (Å²) in [6.07, 6.45) is 4.55. The maximum atomic E-state index is 11.6. The average molecular weight is 307 g/mol. The molecule has 0 aliphatic carbocycles. The zero-order valence-corrected chi connectivity index (χ0v) is 11.0. The van der Waals surface area contributed by atoms with Gasteiger partial charge in [-0.3, -0.25) is 10.3 Å². The van der Waals surface area contributed by atoms with E-state index in [1.807, 2.05) is 24.3 Å². The number of amides is 2. The van der Waals surface area contributed by atoms with Crippen LogP contribution in [-0.2, 0) is 6.54 Å². The predicted molar refractivity (Wildman–Crippen MR) is 72.0 cm³/mol. The molecule has 1 heterocycles. The van der Waals surface area contributed by atoms with E-state index in [1.54, 1.807) is 6.20 Å². The van der Waals surface area contributed by atoms with E-state index in [0.717, 1.165) is 10.0 Å². The van der Waals surface area contributed by atoms with Crippen molar-refractivity contribution in [1.29, 1.82) is 0 Å². The molecule has 0 spiro atoms. The Morgan fingerprint density at radius 3 is 2.83 bits per heavy atom. The second-order valence-electron chi connectivity index (χ2n) is 3.49. The molecule has 0 aliphatic heterocycles. The minimum Gasteiger partial charge on any atom is -0.334 e. The third-order valence-electron chi connectivity index (χ3n) is 2.20. The summed E-state index contributed by atoms with van der Waals surface area (Å²) < 4.78 is 0.963. The van der Waals surface area contributed by atoms with E-state index in [2.05, 4.69) is 36.5 Å². The summed E-state index contributed by atoms with van der Waals surface area (Å²) >= 11 is 3.42. The third-order valence-corrected chi connectivity index (χ3v) is 2.98. The van der Waals surface area contributed by atoms with Gasteiger partial charge in [-0.25, -0.2) is 9.78 Å². The number of benzene rings is 1. The van der Waals surface area contributed by atoms with Crippen molar-refractivity contribution in [1.82, 2.24) is 15.3 Å². The fourth-order valence-corrected chi connectivity index (χ4v) is 1.77. The molecule has 0 fully saturated rings. The number of aromatic nitrogens is 2. The minimum atomic E-state index is -0.314. The van der Waals surface area contributed by atoms with Crippen LogP contribution in [0.3, 0.4) is 0 Å². The summed E-state index contributed by atoms with van der Waals surface area (Å²) in [5, 5.41) is 5.33. The highest BCUT2D eigenvalue weighted by Crippen LogP contribution is 2.15. The molecule has 1 aromatic carbocycles. The summed E-state index contributed by atoms with van der Waals surface area (Å²) in [6, 6.07) is 7.39. The number of carbonyl (C=O) groups excluding carboxylic acids is 1. The molecule has 0 atom stereocenters. The van der Waals surface area contributed by atoms with Crippen molar-refractivity contribution in [3.8, 4) is 0 Å². The van der Waals surface area contributed by atoms with Gasteiger partial charge in [0, 0.05) is 23.4 Å². The quantitative estimate of drug-likeness (QED) is 0.916. The van der Waals surface area contributed by atoms with Gasteiger partial charge in [-0.2, -0.15) is 0 Å². The molecule has 6 heteroatoms. The Morgan fingerprint density at radius 1 is 1.28 bits per heavy atom. The van der Waals surface area contributed by atoms with Crippen molar-refractivity contribution < 1.29 is 4.79 Å². The van der Waals surface area contributed by atoms with Gasteiger partial charge in [0.2, 0.25) is 0 Å². The molecule has 92 valence electrons. The first-order valence-corrected chi connectivity index (χ1v) is 6.09. The van der Waals surface area contributed by atoms with Crippen molar-refractivity contribution in [2.45, 2.75) is 6.54 Å². The predicted octanol–water partition coefficient (Wildman–Crippen LogP) is 2.56. The number of hydrogen-bond acceptors (Lipinski definition) is 3. The molecular weight excluding hydrogens is 296 g/mol. The number of urea groups is 1. The van der Waals surface area contributed by atoms with Gasteiger partial charge < -0.3 is 5.32 Å². The Morgan fingerprint density at radius 2 is 2.11 bits per heavy atom. The topological polar surface area (TPSA) is 66.9 Å². The van der Waals surface area contributed by atoms with Gasteiger partial charge in [0.25, 0.3) is 0 Å². The molecule has 0 bridgehead atoms. The third kappa shape index (κ3) is 3.53. The van der Waals surface area contributed by atoms with Crippen molar-refractivity contribution in [3.63, 3.8) is 0 Å². The molecule has 0 radical (unpaired) electrons. The summed E-state index contributed by atoms with van der Waals surface area (Å²) in [6.45, 7) is 0.438. The molecule has 2 N–H and O–H groups in total. The molecule has 0 unspecified atom stereocenters. The standard InChI is InChI=1S/C12H11BrN4O/c13-10-4-2-1-3-9(10)7-16-12(18)17-11-8-14-5-6-15-11/h1-6,8H,7H2,(H2,15,16,17,18). The molecule has 2 rings (SSSR count). The Labute approximate surface area is 113 Å². The molecule has 5 nitrogen and oxygen atoms in total. The lowest BCUT2D eigenvalue weighted by molar-refractivity contribution is 0.251. The van der Waals surface area contributed by atoms with Crippen LogP contribution in [0, 0.1) is 0 Å². The molecule has 0 aliphatic rings. The highest BCUT2D eigenvalue weighted by Gasteiger charge is 2.03. The van der Waals surface area contributed by atoms with Crippen LogP contribution in [0.1, 0.15) is 5.56 Å². The number of halogens is 1.